The Morgan fingerprint density at radius 3 is 2.90 bits per heavy atom. The van der Waals surface area contributed by atoms with Crippen LogP contribution in [-0.2, 0) is 13.5 Å². The van der Waals surface area contributed by atoms with Crippen molar-refractivity contribution in [2.24, 2.45) is 7.05 Å². The topological polar surface area (TPSA) is 64.9 Å². The Kier molecular flexibility index (Phi) is 4.92. The van der Waals surface area contributed by atoms with Crippen LogP contribution in [0.15, 0.2) is 18.3 Å². The van der Waals surface area contributed by atoms with Gasteiger partial charge < -0.3 is 10.1 Å². The molecule has 20 heavy (non-hydrogen) atoms. The highest BCUT2D eigenvalue weighted by Crippen LogP contribution is 2.12. The molecule has 0 bridgehead atoms. The van der Waals surface area contributed by atoms with Crippen molar-refractivity contribution < 1.29 is 4.74 Å². The van der Waals surface area contributed by atoms with E-state index in [1.807, 2.05) is 30.8 Å². The Hall–Kier alpha value is -2.11. The van der Waals surface area contributed by atoms with Crippen LogP contribution in [0.25, 0.3) is 0 Å². The van der Waals surface area contributed by atoms with E-state index >= 15 is 0 Å². The molecule has 0 amide bonds. The van der Waals surface area contributed by atoms with Gasteiger partial charge in [0.2, 0.25) is 11.8 Å². The lowest BCUT2D eigenvalue weighted by Gasteiger charge is -2.09. The molecule has 0 fully saturated rings. The van der Waals surface area contributed by atoms with E-state index in [0.717, 1.165) is 25.1 Å². The Labute approximate surface area is 119 Å². The highest BCUT2D eigenvalue weighted by Gasteiger charge is 2.04. The van der Waals surface area contributed by atoms with Crippen LogP contribution in [0, 0.1) is 6.92 Å². The van der Waals surface area contributed by atoms with Crippen LogP contribution in [0.1, 0.15) is 24.7 Å². The number of rotatable bonds is 7. The standard InChI is InChI=1S/C14H21N5O/c1-4-9-20-13-10-11(2)17-14(18-13)15-7-5-12-6-8-16-19(12)3/h6,8,10H,4-5,7,9H2,1-3H3,(H,15,17,18). The number of nitrogens with one attached hydrogen (secondary N) is 1. The molecule has 2 heterocycles. The molecule has 0 aromatic carbocycles. The number of anilines is 1. The molecule has 2 aromatic rings. The Morgan fingerprint density at radius 2 is 2.20 bits per heavy atom. The van der Waals surface area contributed by atoms with E-state index in [2.05, 4.69) is 27.3 Å². The summed E-state index contributed by atoms with van der Waals surface area (Å²) in [6, 6.07) is 3.86. The second kappa shape index (κ2) is 6.88. The average Bonchev–Trinajstić information content (AvgIpc) is 2.82. The molecule has 0 saturated carbocycles. The molecule has 6 nitrogen and oxygen atoms in total. The summed E-state index contributed by atoms with van der Waals surface area (Å²) < 4.78 is 7.41. The zero-order valence-electron chi connectivity index (χ0n) is 12.3. The lowest BCUT2D eigenvalue weighted by Crippen LogP contribution is -2.11. The van der Waals surface area contributed by atoms with Gasteiger partial charge in [0.25, 0.3) is 0 Å². The quantitative estimate of drug-likeness (QED) is 0.837. The maximum absolute atomic E-state index is 5.54. The molecule has 2 aromatic heterocycles. The van der Waals surface area contributed by atoms with Crippen molar-refractivity contribution in [3.8, 4) is 5.88 Å². The van der Waals surface area contributed by atoms with Gasteiger partial charge in [0.15, 0.2) is 0 Å². The molecule has 108 valence electrons. The lowest BCUT2D eigenvalue weighted by atomic mass is 10.3. The van der Waals surface area contributed by atoms with Crippen LogP contribution in [-0.4, -0.2) is 32.9 Å². The predicted molar refractivity (Wildman–Crippen MR) is 78.0 cm³/mol. The third kappa shape index (κ3) is 3.94. The van der Waals surface area contributed by atoms with Crippen LogP contribution < -0.4 is 10.1 Å². The van der Waals surface area contributed by atoms with Gasteiger partial charge in [-0.1, -0.05) is 6.92 Å². The molecule has 0 spiro atoms. The van der Waals surface area contributed by atoms with Crippen LogP contribution in [0.5, 0.6) is 5.88 Å². The molecule has 6 heteroatoms. The predicted octanol–water partition coefficient (Wildman–Crippen LogP) is 1.96. The smallest absolute Gasteiger partial charge is 0.226 e. The van der Waals surface area contributed by atoms with Gasteiger partial charge in [-0.2, -0.15) is 10.1 Å². The van der Waals surface area contributed by atoms with E-state index in [0.29, 0.717) is 18.4 Å². The van der Waals surface area contributed by atoms with Gasteiger partial charge in [-0.05, 0) is 19.4 Å². The van der Waals surface area contributed by atoms with Crippen molar-refractivity contribution in [3.63, 3.8) is 0 Å². The first kappa shape index (κ1) is 14.3. The van der Waals surface area contributed by atoms with Crippen LogP contribution >= 0.6 is 0 Å². The van der Waals surface area contributed by atoms with E-state index in [1.54, 1.807) is 6.20 Å². The zero-order chi connectivity index (χ0) is 14.4. The Balaban J connectivity index is 1.91. The van der Waals surface area contributed by atoms with Crippen LogP contribution in [0.2, 0.25) is 0 Å². The van der Waals surface area contributed by atoms with Gasteiger partial charge >= 0.3 is 0 Å². The molecule has 0 aliphatic rings. The summed E-state index contributed by atoms with van der Waals surface area (Å²) in [5.41, 5.74) is 2.07. The molecule has 0 unspecified atom stereocenters. The maximum Gasteiger partial charge on any atom is 0.226 e. The van der Waals surface area contributed by atoms with Crippen molar-refractivity contribution in [2.75, 3.05) is 18.5 Å². The normalized spacial score (nSPS) is 10.6. The fraction of sp³-hybridized carbons (Fsp3) is 0.500. The van der Waals surface area contributed by atoms with Crippen molar-refractivity contribution in [2.45, 2.75) is 26.7 Å². The van der Waals surface area contributed by atoms with E-state index in [-0.39, 0.29) is 0 Å². The fourth-order valence-electron chi connectivity index (χ4n) is 1.85. The number of hydrogen-bond donors (Lipinski definition) is 1. The van der Waals surface area contributed by atoms with Crippen molar-refractivity contribution in [3.05, 3.63) is 29.7 Å². The van der Waals surface area contributed by atoms with E-state index in [1.165, 1.54) is 5.69 Å². The number of aryl methyl sites for hydroxylation is 2. The first-order valence-corrected chi connectivity index (χ1v) is 6.88. The molecule has 0 atom stereocenters. The summed E-state index contributed by atoms with van der Waals surface area (Å²) in [5, 5.41) is 7.37. The zero-order valence-corrected chi connectivity index (χ0v) is 12.3. The third-order valence-corrected chi connectivity index (χ3v) is 2.87. The van der Waals surface area contributed by atoms with Crippen molar-refractivity contribution in [1.29, 1.82) is 0 Å². The van der Waals surface area contributed by atoms with E-state index < -0.39 is 0 Å². The molecule has 1 N–H and O–H groups in total. The lowest BCUT2D eigenvalue weighted by molar-refractivity contribution is 0.305. The first-order chi connectivity index (χ1) is 9.69. The number of aromatic nitrogens is 4. The Morgan fingerprint density at radius 1 is 1.35 bits per heavy atom. The van der Waals surface area contributed by atoms with Crippen LogP contribution in [0.4, 0.5) is 5.95 Å². The highest BCUT2D eigenvalue weighted by atomic mass is 16.5. The molecular weight excluding hydrogens is 254 g/mol. The monoisotopic (exact) mass is 275 g/mol. The first-order valence-electron chi connectivity index (χ1n) is 6.88. The molecule has 2 rings (SSSR count). The number of nitrogens with zero attached hydrogens (tertiary/aromatic N) is 4. The van der Waals surface area contributed by atoms with Crippen molar-refractivity contribution >= 4 is 5.95 Å². The molecular formula is C14H21N5O. The van der Waals surface area contributed by atoms with Gasteiger partial charge in [-0.25, -0.2) is 4.98 Å². The summed E-state index contributed by atoms with van der Waals surface area (Å²) in [6.45, 7) is 5.44. The van der Waals surface area contributed by atoms with Gasteiger partial charge in [-0.3, -0.25) is 4.68 Å². The largest absolute Gasteiger partial charge is 0.478 e. The van der Waals surface area contributed by atoms with Gasteiger partial charge in [0.05, 0.1) is 6.61 Å². The van der Waals surface area contributed by atoms with E-state index in [9.17, 15) is 0 Å². The summed E-state index contributed by atoms with van der Waals surface area (Å²) in [7, 11) is 1.94. The average molecular weight is 275 g/mol. The minimum Gasteiger partial charge on any atom is -0.478 e. The summed E-state index contributed by atoms with van der Waals surface area (Å²) in [4.78, 5) is 8.70. The molecule has 0 aliphatic heterocycles. The fourth-order valence-corrected chi connectivity index (χ4v) is 1.85. The van der Waals surface area contributed by atoms with Gasteiger partial charge in [0.1, 0.15) is 0 Å². The van der Waals surface area contributed by atoms with Gasteiger partial charge in [0, 0.05) is 43.7 Å². The molecule has 0 radical (unpaired) electrons. The van der Waals surface area contributed by atoms with Crippen molar-refractivity contribution in [1.82, 2.24) is 19.7 Å². The maximum atomic E-state index is 5.54. The molecule has 0 aliphatic carbocycles. The minimum absolute atomic E-state index is 0.610. The summed E-state index contributed by atoms with van der Waals surface area (Å²) >= 11 is 0. The van der Waals surface area contributed by atoms with Crippen LogP contribution in [0.3, 0.4) is 0 Å². The van der Waals surface area contributed by atoms with Gasteiger partial charge in [-0.15, -0.1) is 0 Å². The minimum atomic E-state index is 0.610. The Bertz CT molecular complexity index is 552. The third-order valence-electron chi connectivity index (χ3n) is 2.87. The number of ether oxygens (including phenoxy) is 1. The molecule has 0 saturated heterocycles. The SMILES string of the molecule is CCCOc1cc(C)nc(NCCc2ccnn2C)n1. The highest BCUT2D eigenvalue weighted by molar-refractivity contribution is 5.30. The summed E-state index contributed by atoms with van der Waals surface area (Å²) in [6.07, 6.45) is 3.64. The second-order valence-corrected chi connectivity index (χ2v) is 4.64. The summed E-state index contributed by atoms with van der Waals surface area (Å²) in [5.74, 6) is 1.24. The number of hydrogen-bond acceptors (Lipinski definition) is 5. The second-order valence-electron chi connectivity index (χ2n) is 4.64. The van der Waals surface area contributed by atoms with E-state index in [4.69, 9.17) is 4.74 Å².